The van der Waals surface area contributed by atoms with Crippen LogP contribution in [-0.4, -0.2) is 32.6 Å². The van der Waals surface area contributed by atoms with Gasteiger partial charge in [0.2, 0.25) is 10.0 Å². The van der Waals surface area contributed by atoms with Crippen molar-refractivity contribution < 1.29 is 18.1 Å². The van der Waals surface area contributed by atoms with E-state index in [-0.39, 0.29) is 16.2 Å². The molecule has 1 aromatic rings. The molecule has 9 heteroatoms. The van der Waals surface area contributed by atoms with Gasteiger partial charge in [0.15, 0.2) is 0 Å². The normalized spacial score (nSPS) is 17.0. The molecule has 0 saturated heterocycles. The van der Waals surface area contributed by atoms with Crippen LogP contribution in [0.1, 0.15) is 19.3 Å². The molecule has 1 aliphatic rings. The highest BCUT2D eigenvalue weighted by atomic mass is 32.2. The Morgan fingerprint density at radius 2 is 2.10 bits per heavy atom. The quantitative estimate of drug-likeness (QED) is 0.600. The Bertz CT molecular complexity index is 649. The van der Waals surface area contributed by atoms with E-state index in [9.17, 15) is 18.5 Å². The smallest absolute Gasteiger partial charge is 0.272 e. The number of primary sulfonamides is 1. The molecule has 0 aromatic heterocycles. The zero-order valence-electron chi connectivity index (χ0n) is 11.5. The zero-order chi connectivity index (χ0) is 15.7. The molecule has 0 spiro atoms. The average Bonchev–Trinajstić information content (AvgIpc) is 2.36. The third kappa shape index (κ3) is 3.49. The number of sulfonamides is 1. The van der Waals surface area contributed by atoms with Gasteiger partial charge in [-0.2, -0.15) is 0 Å². The average molecular weight is 315 g/mol. The van der Waals surface area contributed by atoms with Crippen LogP contribution in [0.5, 0.6) is 0 Å². The van der Waals surface area contributed by atoms with Gasteiger partial charge in [-0.25, -0.2) is 13.6 Å². The van der Waals surface area contributed by atoms with Gasteiger partial charge in [-0.3, -0.25) is 10.1 Å². The SMILES string of the molecule is COC1(CNc2cc([N+](=O)[O-])cc(S(N)(=O)=O)c2)CCC1. The number of rotatable bonds is 6. The Morgan fingerprint density at radius 1 is 1.43 bits per heavy atom. The Labute approximate surface area is 122 Å². The van der Waals surface area contributed by atoms with Crippen LogP contribution < -0.4 is 10.5 Å². The summed E-state index contributed by atoms with van der Waals surface area (Å²) in [5.74, 6) is 0. The minimum Gasteiger partial charge on any atom is -0.382 e. The van der Waals surface area contributed by atoms with Crippen LogP contribution in [0.2, 0.25) is 0 Å². The number of benzene rings is 1. The number of hydrogen-bond donors (Lipinski definition) is 2. The molecule has 2 rings (SSSR count). The number of anilines is 1. The molecule has 116 valence electrons. The number of nitro groups is 1. The largest absolute Gasteiger partial charge is 0.382 e. The summed E-state index contributed by atoms with van der Waals surface area (Å²) in [4.78, 5) is 9.92. The summed E-state index contributed by atoms with van der Waals surface area (Å²) < 4.78 is 28.2. The fraction of sp³-hybridized carbons (Fsp3) is 0.500. The topological polar surface area (TPSA) is 125 Å². The van der Waals surface area contributed by atoms with Crippen LogP contribution in [0.25, 0.3) is 0 Å². The molecule has 0 unspecified atom stereocenters. The van der Waals surface area contributed by atoms with Crippen LogP contribution in [0.4, 0.5) is 11.4 Å². The summed E-state index contributed by atoms with van der Waals surface area (Å²) in [5, 5.41) is 18.9. The Hall–Kier alpha value is -1.71. The monoisotopic (exact) mass is 315 g/mol. The first-order valence-corrected chi connectivity index (χ1v) is 7.92. The standard InChI is InChI=1S/C12H17N3O5S/c1-20-12(3-2-4-12)8-14-9-5-10(15(16)17)7-11(6-9)21(13,18)19/h5-7,14H,2-4,8H2,1H3,(H2,13,18,19). The van der Waals surface area contributed by atoms with E-state index in [1.807, 2.05) is 0 Å². The molecule has 0 bridgehead atoms. The van der Waals surface area contributed by atoms with Crippen LogP contribution in [0, 0.1) is 10.1 Å². The maximum atomic E-state index is 11.4. The van der Waals surface area contributed by atoms with Crippen molar-refractivity contribution in [2.75, 3.05) is 19.0 Å². The van der Waals surface area contributed by atoms with Crippen LogP contribution >= 0.6 is 0 Å². The van der Waals surface area contributed by atoms with Gasteiger partial charge in [-0.1, -0.05) is 0 Å². The van der Waals surface area contributed by atoms with E-state index in [1.54, 1.807) is 7.11 Å². The third-order valence-corrected chi connectivity index (χ3v) is 4.64. The number of nitro benzene ring substituents is 1. The molecule has 0 heterocycles. The lowest BCUT2D eigenvalue weighted by molar-refractivity contribution is -0.385. The molecule has 0 aliphatic heterocycles. The molecule has 8 nitrogen and oxygen atoms in total. The van der Waals surface area contributed by atoms with Crippen molar-refractivity contribution in [3.8, 4) is 0 Å². The highest BCUT2D eigenvalue weighted by molar-refractivity contribution is 7.89. The number of hydrogen-bond acceptors (Lipinski definition) is 6. The summed E-state index contributed by atoms with van der Waals surface area (Å²) in [7, 11) is -2.39. The minimum atomic E-state index is -4.01. The van der Waals surface area contributed by atoms with Crippen molar-refractivity contribution in [3.05, 3.63) is 28.3 Å². The molecule has 21 heavy (non-hydrogen) atoms. The lowest BCUT2D eigenvalue weighted by Crippen LogP contribution is -2.45. The third-order valence-electron chi connectivity index (χ3n) is 3.74. The van der Waals surface area contributed by atoms with Gasteiger partial charge in [0, 0.05) is 31.5 Å². The summed E-state index contributed by atoms with van der Waals surface area (Å²) in [6.45, 7) is 0.453. The van der Waals surface area contributed by atoms with Gasteiger partial charge in [-0.15, -0.1) is 0 Å². The zero-order valence-corrected chi connectivity index (χ0v) is 12.4. The van der Waals surface area contributed by atoms with E-state index in [0.717, 1.165) is 25.3 Å². The number of non-ortho nitro benzene ring substituents is 1. The second-order valence-corrected chi connectivity index (χ2v) is 6.67. The highest BCUT2D eigenvalue weighted by Crippen LogP contribution is 2.35. The van der Waals surface area contributed by atoms with E-state index < -0.39 is 14.9 Å². The second kappa shape index (κ2) is 5.58. The van der Waals surface area contributed by atoms with E-state index >= 15 is 0 Å². The predicted octanol–water partition coefficient (Wildman–Crippen LogP) is 1.22. The van der Waals surface area contributed by atoms with Gasteiger partial charge >= 0.3 is 0 Å². The van der Waals surface area contributed by atoms with Gasteiger partial charge in [0.25, 0.3) is 5.69 Å². The van der Waals surface area contributed by atoms with Crippen molar-refractivity contribution in [2.24, 2.45) is 5.14 Å². The number of nitrogens with two attached hydrogens (primary N) is 1. The van der Waals surface area contributed by atoms with E-state index in [2.05, 4.69) is 5.32 Å². The number of nitrogens with one attached hydrogen (secondary N) is 1. The molecule has 1 fully saturated rings. The molecule has 3 N–H and O–H groups in total. The Balaban J connectivity index is 2.26. The summed E-state index contributed by atoms with van der Waals surface area (Å²) in [6, 6.07) is 3.50. The fourth-order valence-corrected chi connectivity index (χ4v) is 2.82. The van der Waals surface area contributed by atoms with E-state index in [1.165, 1.54) is 12.1 Å². The number of ether oxygens (including phenoxy) is 1. The molecule has 1 aromatic carbocycles. The second-order valence-electron chi connectivity index (χ2n) is 5.11. The predicted molar refractivity (Wildman–Crippen MR) is 76.6 cm³/mol. The van der Waals surface area contributed by atoms with Crippen molar-refractivity contribution >= 4 is 21.4 Å². The van der Waals surface area contributed by atoms with Crippen molar-refractivity contribution in [1.29, 1.82) is 0 Å². The Kier molecular flexibility index (Phi) is 4.17. The molecule has 1 saturated carbocycles. The first-order chi connectivity index (χ1) is 9.76. The fourth-order valence-electron chi connectivity index (χ4n) is 2.24. The van der Waals surface area contributed by atoms with Crippen molar-refractivity contribution in [3.63, 3.8) is 0 Å². The first-order valence-electron chi connectivity index (χ1n) is 6.37. The first kappa shape index (κ1) is 15.7. The van der Waals surface area contributed by atoms with E-state index in [0.29, 0.717) is 12.2 Å². The van der Waals surface area contributed by atoms with E-state index in [4.69, 9.17) is 9.88 Å². The molecule has 1 aliphatic carbocycles. The number of methoxy groups -OCH3 is 1. The van der Waals surface area contributed by atoms with Crippen molar-refractivity contribution in [2.45, 2.75) is 29.8 Å². The van der Waals surface area contributed by atoms with Gasteiger partial charge in [0.1, 0.15) is 0 Å². The Morgan fingerprint density at radius 3 is 2.52 bits per heavy atom. The maximum absolute atomic E-state index is 11.4. The molecule has 0 radical (unpaired) electrons. The van der Waals surface area contributed by atoms with Crippen LogP contribution in [0.3, 0.4) is 0 Å². The van der Waals surface area contributed by atoms with Gasteiger partial charge < -0.3 is 10.1 Å². The molecular formula is C12H17N3O5S. The van der Waals surface area contributed by atoms with Gasteiger partial charge in [0.05, 0.1) is 15.4 Å². The lowest BCUT2D eigenvalue weighted by atomic mass is 9.80. The van der Waals surface area contributed by atoms with Crippen LogP contribution in [0.15, 0.2) is 23.1 Å². The molecular weight excluding hydrogens is 298 g/mol. The number of nitrogens with zero attached hydrogens (tertiary/aromatic N) is 1. The summed E-state index contributed by atoms with van der Waals surface area (Å²) in [5.41, 5.74) is -0.285. The van der Waals surface area contributed by atoms with Crippen LogP contribution in [-0.2, 0) is 14.8 Å². The van der Waals surface area contributed by atoms with Gasteiger partial charge in [-0.05, 0) is 25.3 Å². The molecule has 0 atom stereocenters. The lowest BCUT2D eigenvalue weighted by Gasteiger charge is -2.40. The summed E-state index contributed by atoms with van der Waals surface area (Å²) in [6.07, 6.45) is 2.85. The molecule has 0 amide bonds. The minimum absolute atomic E-state index is 0.285. The maximum Gasteiger partial charge on any atom is 0.272 e. The summed E-state index contributed by atoms with van der Waals surface area (Å²) >= 11 is 0. The van der Waals surface area contributed by atoms with Crippen molar-refractivity contribution in [1.82, 2.24) is 0 Å². The highest BCUT2D eigenvalue weighted by Gasteiger charge is 2.36.